The maximum absolute atomic E-state index is 13.9. The van der Waals surface area contributed by atoms with Crippen LogP contribution in [0.2, 0.25) is 5.02 Å². The van der Waals surface area contributed by atoms with Gasteiger partial charge in [0.15, 0.2) is 18.2 Å². The molecule has 0 radical (unpaired) electrons. The molecule has 2 aromatic carbocycles. The van der Waals surface area contributed by atoms with Crippen LogP contribution in [-0.4, -0.2) is 53.5 Å². The first-order chi connectivity index (χ1) is 18.7. The average molecular weight is 568 g/mol. The van der Waals surface area contributed by atoms with Crippen molar-refractivity contribution in [3.05, 3.63) is 93.6 Å². The number of thiazole rings is 1. The first-order valence-electron chi connectivity index (χ1n) is 12.4. The first-order valence-corrected chi connectivity index (χ1v) is 13.6. The maximum atomic E-state index is 13.9. The van der Waals surface area contributed by atoms with Gasteiger partial charge in [0.1, 0.15) is 22.8 Å². The first kappa shape index (κ1) is 26.2. The minimum absolute atomic E-state index is 0.143. The van der Waals surface area contributed by atoms with E-state index in [-0.39, 0.29) is 18.2 Å². The van der Waals surface area contributed by atoms with Crippen LogP contribution in [0.15, 0.2) is 66.9 Å². The maximum Gasteiger partial charge on any atom is 0.211 e. The van der Waals surface area contributed by atoms with Crippen LogP contribution in [0.3, 0.4) is 0 Å². The molecule has 8 nitrogen and oxygen atoms in total. The lowest BCUT2D eigenvalue weighted by Gasteiger charge is -2.25. The third-order valence-corrected chi connectivity index (χ3v) is 8.08. The van der Waals surface area contributed by atoms with E-state index in [1.807, 2.05) is 30.3 Å². The van der Waals surface area contributed by atoms with E-state index in [4.69, 9.17) is 35.3 Å². The van der Waals surface area contributed by atoms with Crippen LogP contribution < -0.4 is 4.74 Å². The molecule has 0 spiro atoms. The highest BCUT2D eigenvalue weighted by Crippen LogP contribution is 2.40. The normalized spacial score (nSPS) is 23.7. The van der Waals surface area contributed by atoms with E-state index in [2.05, 4.69) is 0 Å². The number of ketones is 2. The predicted octanol–water partition coefficient (Wildman–Crippen LogP) is 5.54. The summed E-state index contributed by atoms with van der Waals surface area (Å²) in [7, 11) is 1.61. The van der Waals surface area contributed by atoms with Gasteiger partial charge in [0.2, 0.25) is 11.6 Å². The second-order valence-corrected chi connectivity index (χ2v) is 11.4. The molecule has 0 bridgehead atoms. The Morgan fingerprint density at radius 3 is 2.49 bits per heavy atom. The van der Waals surface area contributed by atoms with Gasteiger partial charge in [0, 0.05) is 16.8 Å². The highest BCUT2D eigenvalue weighted by Gasteiger charge is 2.57. The summed E-state index contributed by atoms with van der Waals surface area (Å²) < 4.78 is 31.3. The molecular weight excluding hydrogens is 542 g/mol. The summed E-state index contributed by atoms with van der Waals surface area (Å²) in [5.74, 6) is -0.544. The zero-order valence-electron chi connectivity index (χ0n) is 21.5. The predicted molar refractivity (Wildman–Crippen MR) is 145 cm³/mol. The summed E-state index contributed by atoms with van der Waals surface area (Å²) in [6.45, 7) is 3.84. The number of rotatable bonds is 8. The molecule has 4 aromatic rings. The number of methoxy groups -OCH3 is 1. The molecule has 0 amide bonds. The van der Waals surface area contributed by atoms with Crippen molar-refractivity contribution in [2.45, 2.75) is 50.8 Å². The van der Waals surface area contributed by atoms with Crippen molar-refractivity contribution in [3.8, 4) is 5.75 Å². The molecule has 0 aliphatic carbocycles. The van der Waals surface area contributed by atoms with E-state index in [0.29, 0.717) is 21.2 Å². The van der Waals surface area contributed by atoms with Crippen molar-refractivity contribution < 1.29 is 33.3 Å². The van der Waals surface area contributed by atoms with Gasteiger partial charge in [-0.3, -0.25) is 9.59 Å². The standard InChI is InChI=1S/C29H26ClNO7S/c1-29(2)37-27-26(35-15-16-4-10-19(34-3)11-5-16)25(36-28(27)38-29)24(33)20-12-13-22-31(20)14-21(39-22)23(32)17-6-8-18(30)9-7-17/h4-14,25-28H,15H2,1-3H3/t25-,26+,27-,28-/m1/s1. The van der Waals surface area contributed by atoms with Crippen LogP contribution in [0.5, 0.6) is 5.75 Å². The molecule has 6 rings (SSSR count). The Balaban J connectivity index is 1.26. The highest BCUT2D eigenvalue weighted by atomic mass is 35.5. The van der Waals surface area contributed by atoms with Crippen molar-refractivity contribution in [3.63, 3.8) is 0 Å². The lowest BCUT2D eigenvalue weighted by molar-refractivity contribution is -0.212. The van der Waals surface area contributed by atoms with Gasteiger partial charge in [-0.15, -0.1) is 11.3 Å². The van der Waals surface area contributed by atoms with Crippen LogP contribution in [0.1, 0.15) is 45.1 Å². The summed E-state index contributed by atoms with van der Waals surface area (Å²) in [4.78, 5) is 28.2. The molecule has 2 aliphatic heterocycles. The Morgan fingerprint density at radius 2 is 1.77 bits per heavy atom. The number of benzene rings is 2. The van der Waals surface area contributed by atoms with Crippen LogP contribution in [-0.2, 0) is 25.6 Å². The fourth-order valence-electron chi connectivity index (χ4n) is 4.88. The Morgan fingerprint density at radius 1 is 1.03 bits per heavy atom. The lowest BCUT2D eigenvalue weighted by atomic mass is 10.0. The van der Waals surface area contributed by atoms with Gasteiger partial charge in [-0.05, 0) is 67.9 Å². The van der Waals surface area contributed by atoms with Gasteiger partial charge in [0.25, 0.3) is 0 Å². The molecule has 4 atom stereocenters. The summed E-state index contributed by atoms with van der Waals surface area (Å²) in [5.41, 5.74) is 1.82. The molecule has 202 valence electrons. The minimum Gasteiger partial charge on any atom is -0.497 e. The number of aromatic nitrogens is 1. The Kier molecular flexibility index (Phi) is 6.83. The number of Topliss-reactive ketones (excluding diaryl/α,β-unsaturated/α-hetero) is 1. The molecule has 0 N–H and O–H groups in total. The molecule has 2 aliphatic rings. The number of halogens is 1. The van der Waals surface area contributed by atoms with Crippen LogP contribution in [0, 0.1) is 0 Å². The van der Waals surface area contributed by atoms with Gasteiger partial charge in [-0.1, -0.05) is 23.7 Å². The Labute approximate surface area is 234 Å². The SMILES string of the molecule is COc1ccc(CO[C@@H]2[C@H]3OC(C)(C)O[C@H]3O[C@@H]2C(=O)c2ccc3sc(C(=O)c4ccc(Cl)cc4)cn23)cc1. The van der Waals surface area contributed by atoms with Crippen molar-refractivity contribution >= 4 is 39.3 Å². The Bertz CT molecular complexity index is 1530. The lowest BCUT2D eigenvalue weighted by Crippen LogP contribution is -2.41. The van der Waals surface area contributed by atoms with E-state index in [1.54, 1.807) is 61.9 Å². The van der Waals surface area contributed by atoms with Crippen LogP contribution in [0.25, 0.3) is 4.83 Å². The van der Waals surface area contributed by atoms with Gasteiger partial charge in [-0.2, -0.15) is 0 Å². The second-order valence-electron chi connectivity index (χ2n) is 9.87. The van der Waals surface area contributed by atoms with Crippen LogP contribution in [0.4, 0.5) is 0 Å². The molecule has 39 heavy (non-hydrogen) atoms. The summed E-state index contributed by atoms with van der Waals surface area (Å²) in [6.07, 6.45) is -1.29. The van der Waals surface area contributed by atoms with E-state index >= 15 is 0 Å². The number of hydrogen-bond donors (Lipinski definition) is 0. The van der Waals surface area contributed by atoms with E-state index in [9.17, 15) is 9.59 Å². The molecule has 4 heterocycles. The summed E-state index contributed by atoms with van der Waals surface area (Å²) in [6, 6.07) is 17.8. The number of carbonyl (C=O) groups excluding carboxylic acids is 2. The fraction of sp³-hybridized carbons (Fsp3) is 0.310. The monoisotopic (exact) mass is 567 g/mol. The zero-order valence-corrected chi connectivity index (χ0v) is 23.0. The minimum atomic E-state index is -0.956. The molecular formula is C29H26ClNO7S. The van der Waals surface area contributed by atoms with Gasteiger partial charge in [-0.25, -0.2) is 0 Å². The highest BCUT2D eigenvalue weighted by molar-refractivity contribution is 7.19. The van der Waals surface area contributed by atoms with Crippen LogP contribution >= 0.6 is 22.9 Å². The quantitative estimate of drug-likeness (QED) is 0.258. The topological polar surface area (TPSA) is 84.7 Å². The third-order valence-electron chi connectivity index (χ3n) is 6.78. The summed E-state index contributed by atoms with van der Waals surface area (Å²) >= 11 is 7.27. The van der Waals surface area contributed by atoms with Gasteiger partial charge < -0.3 is 28.1 Å². The molecule has 10 heteroatoms. The molecule has 2 fully saturated rings. The number of hydrogen-bond acceptors (Lipinski definition) is 8. The largest absolute Gasteiger partial charge is 0.497 e. The van der Waals surface area contributed by atoms with E-state index in [1.165, 1.54) is 11.3 Å². The number of ether oxygens (including phenoxy) is 5. The molecule has 2 aromatic heterocycles. The van der Waals surface area contributed by atoms with Crippen molar-refractivity contribution in [2.75, 3.05) is 7.11 Å². The average Bonchev–Trinajstić information content (AvgIpc) is 3.66. The van der Waals surface area contributed by atoms with Crippen molar-refractivity contribution in [1.82, 2.24) is 4.40 Å². The molecule has 2 saturated heterocycles. The van der Waals surface area contributed by atoms with E-state index in [0.717, 1.165) is 16.1 Å². The van der Waals surface area contributed by atoms with Gasteiger partial charge >= 0.3 is 0 Å². The smallest absolute Gasteiger partial charge is 0.211 e. The number of nitrogens with zero attached hydrogens (tertiary/aromatic N) is 1. The molecule has 0 saturated carbocycles. The zero-order chi connectivity index (χ0) is 27.3. The van der Waals surface area contributed by atoms with Crippen molar-refractivity contribution in [2.24, 2.45) is 0 Å². The summed E-state index contributed by atoms with van der Waals surface area (Å²) in [5, 5.41) is 0.556. The Hall–Kier alpha value is -3.05. The van der Waals surface area contributed by atoms with E-state index < -0.39 is 30.4 Å². The number of fused-ring (bicyclic) bond motifs is 2. The second kappa shape index (κ2) is 10.2. The fourth-order valence-corrected chi connectivity index (χ4v) is 5.99. The van der Waals surface area contributed by atoms with Gasteiger partial charge in [0.05, 0.1) is 24.3 Å². The third kappa shape index (κ3) is 5.02. The number of carbonyl (C=O) groups is 2. The molecule has 0 unspecified atom stereocenters. The van der Waals surface area contributed by atoms with Crippen molar-refractivity contribution in [1.29, 1.82) is 0 Å².